The molecule has 1 aromatic carbocycles. The van der Waals surface area contributed by atoms with Gasteiger partial charge < -0.3 is 4.74 Å². The number of benzene rings is 1. The van der Waals surface area contributed by atoms with Crippen molar-refractivity contribution in [3.05, 3.63) is 34.9 Å². The molecule has 0 N–H and O–H groups in total. The van der Waals surface area contributed by atoms with Crippen LogP contribution in [0.25, 0.3) is 0 Å². The molecule has 0 spiro atoms. The minimum Gasteiger partial charge on any atom is -0.376 e. The van der Waals surface area contributed by atoms with E-state index in [2.05, 4.69) is 19.6 Å². The van der Waals surface area contributed by atoms with Gasteiger partial charge in [0.15, 0.2) is 0 Å². The van der Waals surface area contributed by atoms with E-state index in [0.717, 1.165) is 22.9 Å². The summed E-state index contributed by atoms with van der Waals surface area (Å²) in [6.45, 7) is 3.60. The summed E-state index contributed by atoms with van der Waals surface area (Å²) in [6.07, 6.45) is 2.37. The number of ether oxygens (including phenoxy) is 1. The molecule has 1 rings (SSSR count). The number of rotatable bonds is 7. The van der Waals surface area contributed by atoms with E-state index in [1.54, 1.807) is 0 Å². The summed E-state index contributed by atoms with van der Waals surface area (Å²) in [6, 6.07) is 7.79. The molecular formula is C13H19ClOS. The molecule has 1 unspecified atom stereocenters. The number of hydrogen-bond acceptors (Lipinski definition) is 2. The largest absolute Gasteiger partial charge is 0.376 e. The van der Waals surface area contributed by atoms with Crippen molar-refractivity contribution in [2.24, 2.45) is 5.92 Å². The van der Waals surface area contributed by atoms with E-state index >= 15 is 0 Å². The van der Waals surface area contributed by atoms with Crippen molar-refractivity contribution in [1.29, 1.82) is 0 Å². The van der Waals surface area contributed by atoms with E-state index in [9.17, 15) is 0 Å². The van der Waals surface area contributed by atoms with Crippen LogP contribution in [0.1, 0.15) is 25.3 Å². The Hall–Kier alpha value is -0.180. The van der Waals surface area contributed by atoms with Crippen LogP contribution in [0, 0.1) is 5.92 Å². The van der Waals surface area contributed by atoms with Crippen molar-refractivity contribution < 1.29 is 4.74 Å². The zero-order valence-electron chi connectivity index (χ0n) is 9.66. The second-order valence-corrected chi connectivity index (χ2v) is 4.78. The van der Waals surface area contributed by atoms with Crippen molar-refractivity contribution in [1.82, 2.24) is 0 Å². The SMILES string of the molecule is CCCC(CS)COCc1cccc(Cl)c1. The molecule has 0 fully saturated rings. The van der Waals surface area contributed by atoms with Gasteiger partial charge >= 0.3 is 0 Å². The quantitative estimate of drug-likeness (QED) is 0.721. The summed E-state index contributed by atoms with van der Waals surface area (Å²) in [5, 5.41) is 0.764. The molecule has 1 aromatic rings. The summed E-state index contributed by atoms with van der Waals surface area (Å²) in [5.74, 6) is 1.45. The molecule has 0 aliphatic rings. The van der Waals surface area contributed by atoms with E-state index < -0.39 is 0 Å². The van der Waals surface area contributed by atoms with Crippen LogP contribution in [0.2, 0.25) is 5.02 Å². The van der Waals surface area contributed by atoms with Crippen LogP contribution in [0.3, 0.4) is 0 Å². The van der Waals surface area contributed by atoms with E-state index in [0.29, 0.717) is 12.5 Å². The first kappa shape index (κ1) is 13.9. The molecule has 90 valence electrons. The fourth-order valence-electron chi connectivity index (χ4n) is 1.61. The van der Waals surface area contributed by atoms with Gasteiger partial charge in [-0.15, -0.1) is 0 Å². The van der Waals surface area contributed by atoms with E-state index in [-0.39, 0.29) is 0 Å². The van der Waals surface area contributed by atoms with Gasteiger partial charge in [-0.3, -0.25) is 0 Å². The van der Waals surface area contributed by atoms with Gasteiger partial charge in [0.1, 0.15) is 0 Å². The standard InChI is InChI=1S/C13H19ClOS/c1-2-4-12(10-16)9-15-8-11-5-3-6-13(14)7-11/h3,5-7,12,16H,2,4,8-10H2,1H3. The predicted octanol–water partition coefficient (Wildman–Crippen LogP) is 4.20. The summed E-state index contributed by atoms with van der Waals surface area (Å²) < 4.78 is 5.67. The first-order valence-corrected chi connectivity index (χ1v) is 6.70. The lowest BCUT2D eigenvalue weighted by atomic mass is 10.1. The second kappa shape index (κ2) is 7.99. The third-order valence-corrected chi connectivity index (χ3v) is 3.22. The summed E-state index contributed by atoms with van der Waals surface area (Å²) in [5.41, 5.74) is 1.13. The Labute approximate surface area is 109 Å². The van der Waals surface area contributed by atoms with Crippen molar-refractivity contribution in [2.75, 3.05) is 12.4 Å². The zero-order chi connectivity index (χ0) is 11.8. The van der Waals surface area contributed by atoms with Gasteiger partial charge in [0, 0.05) is 5.02 Å². The summed E-state index contributed by atoms with van der Waals surface area (Å²) >= 11 is 10.2. The molecule has 0 aliphatic heterocycles. The van der Waals surface area contributed by atoms with Gasteiger partial charge in [0.05, 0.1) is 13.2 Å². The number of hydrogen-bond donors (Lipinski definition) is 1. The van der Waals surface area contributed by atoms with E-state index in [1.807, 2.05) is 24.3 Å². The maximum Gasteiger partial charge on any atom is 0.0717 e. The van der Waals surface area contributed by atoms with Gasteiger partial charge in [0.2, 0.25) is 0 Å². The highest BCUT2D eigenvalue weighted by Gasteiger charge is 2.05. The Kier molecular flexibility index (Phi) is 6.93. The van der Waals surface area contributed by atoms with Crippen molar-refractivity contribution >= 4 is 24.2 Å². The molecule has 0 amide bonds. The molecule has 0 bridgehead atoms. The Morgan fingerprint density at radius 2 is 2.25 bits per heavy atom. The summed E-state index contributed by atoms with van der Waals surface area (Å²) in [4.78, 5) is 0. The van der Waals surface area contributed by atoms with Gasteiger partial charge in [0.25, 0.3) is 0 Å². The molecule has 16 heavy (non-hydrogen) atoms. The monoisotopic (exact) mass is 258 g/mol. The van der Waals surface area contributed by atoms with Gasteiger partial charge in [-0.05, 0) is 35.8 Å². The maximum atomic E-state index is 5.90. The van der Waals surface area contributed by atoms with Crippen LogP contribution in [0.4, 0.5) is 0 Å². The highest BCUT2D eigenvalue weighted by molar-refractivity contribution is 7.80. The smallest absolute Gasteiger partial charge is 0.0717 e. The minimum absolute atomic E-state index is 0.563. The van der Waals surface area contributed by atoms with E-state index in [1.165, 1.54) is 12.8 Å². The minimum atomic E-state index is 0.563. The van der Waals surface area contributed by atoms with Gasteiger partial charge in [-0.25, -0.2) is 0 Å². The Morgan fingerprint density at radius 1 is 1.44 bits per heavy atom. The van der Waals surface area contributed by atoms with Crippen LogP contribution in [0.5, 0.6) is 0 Å². The fourth-order valence-corrected chi connectivity index (χ4v) is 2.11. The first-order chi connectivity index (χ1) is 7.76. The molecular weight excluding hydrogens is 240 g/mol. The average Bonchev–Trinajstić information content (AvgIpc) is 2.28. The Balaban J connectivity index is 2.29. The molecule has 0 saturated carbocycles. The van der Waals surface area contributed by atoms with Crippen molar-refractivity contribution in [3.63, 3.8) is 0 Å². The third kappa shape index (κ3) is 5.24. The first-order valence-electron chi connectivity index (χ1n) is 5.69. The number of thiol groups is 1. The predicted molar refractivity (Wildman–Crippen MR) is 73.4 cm³/mol. The lowest BCUT2D eigenvalue weighted by molar-refractivity contribution is 0.0908. The lowest BCUT2D eigenvalue weighted by Crippen LogP contribution is -2.11. The van der Waals surface area contributed by atoms with Gasteiger partial charge in [-0.2, -0.15) is 12.6 Å². The van der Waals surface area contributed by atoms with Crippen LogP contribution in [-0.4, -0.2) is 12.4 Å². The normalized spacial score (nSPS) is 12.7. The maximum absolute atomic E-state index is 5.90. The van der Waals surface area contributed by atoms with Crippen LogP contribution in [0.15, 0.2) is 24.3 Å². The van der Waals surface area contributed by atoms with Gasteiger partial charge in [-0.1, -0.05) is 37.1 Å². The molecule has 0 aliphatic carbocycles. The van der Waals surface area contributed by atoms with Crippen LogP contribution in [-0.2, 0) is 11.3 Å². The van der Waals surface area contributed by atoms with E-state index in [4.69, 9.17) is 16.3 Å². The van der Waals surface area contributed by atoms with Crippen molar-refractivity contribution in [3.8, 4) is 0 Å². The Bertz CT molecular complexity index is 304. The molecule has 0 saturated heterocycles. The number of halogens is 1. The molecule has 3 heteroatoms. The summed E-state index contributed by atoms with van der Waals surface area (Å²) in [7, 11) is 0. The molecule has 0 aromatic heterocycles. The fraction of sp³-hybridized carbons (Fsp3) is 0.538. The third-order valence-electron chi connectivity index (χ3n) is 2.47. The molecule has 1 nitrogen and oxygen atoms in total. The average molecular weight is 259 g/mol. The molecule has 1 atom stereocenters. The Morgan fingerprint density at radius 3 is 2.88 bits per heavy atom. The van der Waals surface area contributed by atoms with Crippen molar-refractivity contribution in [2.45, 2.75) is 26.4 Å². The lowest BCUT2D eigenvalue weighted by Gasteiger charge is -2.13. The second-order valence-electron chi connectivity index (χ2n) is 3.98. The highest BCUT2D eigenvalue weighted by atomic mass is 35.5. The molecule has 0 radical (unpaired) electrons. The topological polar surface area (TPSA) is 9.23 Å². The highest BCUT2D eigenvalue weighted by Crippen LogP contribution is 2.13. The van der Waals surface area contributed by atoms with Crippen LogP contribution < -0.4 is 0 Å². The molecule has 0 heterocycles. The van der Waals surface area contributed by atoms with Crippen LogP contribution >= 0.6 is 24.2 Å². The zero-order valence-corrected chi connectivity index (χ0v) is 11.3.